The molecule has 0 aliphatic rings. The van der Waals surface area contributed by atoms with E-state index in [1.54, 1.807) is 60.7 Å². The molecule has 3 aromatic rings. The van der Waals surface area contributed by atoms with Crippen LogP contribution in [-0.4, -0.2) is 31.7 Å². The van der Waals surface area contributed by atoms with Crippen LogP contribution in [-0.2, 0) is 16.2 Å². The summed E-state index contributed by atoms with van der Waals surface area (Å²) in [6.45, 7) is 4.17. The van der Waals surface area contributed by atoms with Crippen LogP contribution in [0.25, 0.3) is 0 Å². The lowest BCUT2D eigenvalue weighted by molar-refractivity contribution is -0.136. The minimum atomic E-state index is -0.931. The molecule has 35 heavy (non-hydrogen) atoms. The highest BCUT2D eigenvalue weighted by atomic mass is 19.1. The molecule has 2 amide bonds. The van der Waals surface area contributed by atoms with Crippen LogP contribution in [0.2, 0.25) is 0 Å². The topological polar surface area (TPSA) is 98.2 Å². The summed E-state index contributed by atoms with van der Waals surface area (Å²) in [5, 5.41) is 6.28. The quantitative estimate of drug-likeness (QED) is 0.199. The number of anilines is 1. The number of ether oxygens (including phenoxy) is 3. The Hall–Kier alpha value is -4.66. The number of halogens is 1. The Morgan fingerprint density at radius 2 is 1.71 bits per heavy atom. The number of carbonyl (C=O) groups excluding carboxylic acids is 2. The normalized spacial score (nSPS) is 10.5. The first kappa shape index (κ1) is 25.0. The minimum Gasteiger partial charge on any atom is -0.493 e. The number of amides is 2. The zero-order valence-corrected chi connectivity index (χ0v) is 19.0. The lowest BCUT2D eigenvalue weighted by atomic mass is 10.2. The van der Waals surface area contributed by atoms with E-state index in [0.29, 0.717) is 35.1 Å². The first-order valence-electron chi connectivity index (χ1n) is 10.5. The smallest absolute Gasteiger partial charge is 0.329 e. The number of rotatable bonds is 10. The van der Waals surface area contributed by atoms with Gasteiger partial charge in [0, 0.05) is 5.69 Å². The van der Waals surface area contributed by atoms with E-state index in [9.17, 15) is 14.0 Å². The van der Waals surface area contributed by atoms with Crippen LogP contribution in [0.5, 0.6) is 17.2 Å². The van der Waals surface area contributed by atoms with Gasteiger partial charge in [0.25, 0.3) is 0 Å². The van der Waals surface area contributed by atoms with Crippen molar-refractivity contribution in [2.45, 2.75) is 6.61 Å². The van der Waals surface area contributed by atoms with Crippen LogP contribution in [0, 0.1) is 5.82 Å². The standard InChI is InChI=1S/C26H24FN3O5/c1-3-14-34-22-11-9-21(10-12-22)29-25(31)26(32)30-28-16-19-6-13-23(24(15-19)33-2)35-17-18-4-7-20(27)8-5-18/h3-13,15-16H,1,14,17H2,2H3,(H,29,31)(H,30,32)/b28-16-. The zero-order valence-electron chi connectivity index (χ0n) is 19.0. The van der Waals surface area contributed by atoms with Gasteiger partial charge in [-0.25, -0.2) is 9.82 Å². The van der Waals surface area contributed by atoms with E-state index in [-0.39, 0.29) is 12.4 Å². The van der Waals surface area contributed by atoms with E-state index in [0.717, 1.165) is 5.56 Å². The Morgan fingerprint density at radius 1 is 0.971 bits per heavy atom. The molecule has 3 aromatic carbocycles. The fourth-order valence-electron chi connectivity index (χ4n) is 2.82. The second-order valence-electron chi connectivity index (χ2n) is 7.10. The van der Waals surface area contributed by atoms with Crippen molar-refractivity contribution in [3.05, 3.63) is 96.3 Å². The first-order chi connectivity index (χ1) is 17.0. The average Bonchev–Trinajstić information content (AvgIpc) is 2.88. The van der Waals surface area contributed by atoms with Crippen LogP contribution in [0.4, 0.5) is 10.1 Å². The fraction of sp³-hybridized carbons (Fsp3) is 0.115. The molecule has 0 heterocycles. The molecule has 0 spiro atoms. The highest BCUT2D eigenvalue weighted by Gasteiger charge is 2.13. The highest BCUT2D eigenvalue weighted by molar-refractivity contribution is 6.39. The van der Waals surface area contributed by atoms with Gasteiger partial charge in [0.05, 0.1) is 13.3 Å². The molecule has 0 aliphatic carbocycles. The molecule has 0 unspecified atom stereocenters. The van der Waals surface area contributed by atoms with Gasteiger partial charge in [0.15, 0.2) is 11.5 Å². The maximum Gasteiger partial charge on any atom is 0.329 e. The third-order valence-corrected chi connectivity index (χ3v) is 4.56. The van der Waals surface area contributed by atoms with Gasteiger partial charge in [-0.3, -0.25) is 9.59 Å². The van der Waals surface area contributed by atoms with Crippen LogP contribution in [0.15, 0.2) is 84.5 Å². The number of nitrogens with zero attached hydrogens (tertiary/aromatic N) is 1. The summed E-state index contributed by atoms with van der Waals surface area (Å²) in [7, 11) is 1.49. The minimum absolute atomic E-state index is 0.236. The van der Waals surface area contributed by atoms with Crippen molar-refractivity contribution in [3.63, 3.8) is 0 Å². The number of benzene rings is 3. The third-order valence-electron chi connectivity index (χ3n) is 4.56. The van der Waals surface area contributed by atoms with Crippen LogP contribution in [0.1, 0.15) is 11.1 Å². The maximum absolute atomic E-state index is 13.0. The van der Waals surface area contributed by atoms with Gasteiger partial charge in [-0.2, -0.15) is 5.10 Å². The molecule has 180 valence electrons. The van der Waals surface area contributed by atoms with Gasteiger partial charge < -0.3 is 19.5 Å². The predicted octanol–water partition coefficient (Wildman–Crippen LogP) is 4.07. The van der Waals surface area contributed by atoms with Crippen LogP contribution >= 0.6 is 0 Å². The molecule has 8 nitrogen and oxygen atoms in total. The molecule has 0 aliphatic heterocycles. The van der Waals surface area contributed by atoms with Gasteiger partial charge in [-0.05, 0) is 65.7 Å². The van der Waals surface area contributed by atoms with Crippen molar-refractivity contribution < 1.29 is 28.2 Å². The van der Waals surface area contributed by atoms with Gasteiger partial charge in [-0.1, -0.05) is 24.8 Å². The lowest BCUT2D eigenvalue weighted by Gasteiger charge is -2.11. The Kier molecular flexibility index (Phi) is 8.95. The highest BCUT2D eigenvalue weighted by Crippen LogP contribution is 2.28. The summed E-state index contributed by atoms with van der Waals surface area (Å²) >= 11 is 0. The molecular weight excluding hydrogens is 453 g/mol. The van der Waals surface area contributed by atoms with E-state index in [1.807, 2.05) is 0 Å². The van der Waals surface area contributed by atoms with E-state index in [2.05, 4.69) is 22.4 Å². The SMILES string of the molecule is C=CCOc1ccc(NC(=O)C(=O)N/N=C\c2ccc(OCc3ccc(F)cc3)c(OC)c2)cc1. The molecule has 0 aromatic heterocycles. The average molecular weight is 477 g/mol. The summed E-state index contributed by atoms with van der Waals surface area (Å²) < 4.78 is 29.5. The summed E-state index contributed by atoms with van der Waals surface area (Å²) in [5.41, 5.74) is 4.01. The Bertz CT molecular complexity index is 1190. The Balaban J connectivity index is 1.52. The number of hydrogen-bond acceptors (Lipinski definition) is 6. The van der Waals surface area contributed by atoms with Gasteiger partial charge in [-0.15, -0.1) is 0 Å². The molecule has 0 radical (unpaired) electrons. The number of nitrogens with one attached hydrogen (secondary N) is 2. The summed E-state index contributed by atoms with van der Waals surface area (Å²) in [6.07, 6.45) is 2.98. The number of hydrogen-bond donors (Lipinski definition) is 2. The lowest BCUT2D eigenvalue weighted by Crippen LogP contribution is -2.32. The molecule has 3 rings (SSSR count). The summed E-state index contributed by atoms with van der Waals surface area (Å²) in [6, 6.07) is 17.6. The van der Waals surface area contributed by atoms with Crippen molar-refractivity contribution >= 4 is 23.7 Å². The molecule has 0 fully saturated rings. The Labute approximate surface area is 202 Å². The summed E-state index contributed by atoms with van der Waals surface area (Å²) in [4.78, 5) is 24.1. The monoisotopic (exact) mass is 477 g/mol. The third kappa shape index (κ3) is 7.71. The van der Waals surface area contributed by atoms with Crippen LogP contribution < -0.4 is 25.0 Å². The molecule has 2 N–H and O–H groups in total. The number of hydrazone groups is 1. The van der Waals surface area contributed by atoms with Crippen LogP contribution in [0.3, 0.4) is 0 Å². The largest absolute Gasteiger partial charge is 0.493 e. The second kappa shape index (κ2) is 12.5. The van der Waals surface area contributed by atoms with Gasteiger partial charge >= 0.3 is 11.8 Å². The maximum atomic E-state index is 13.0. The number of carbonyl (C=O) groups is 2. The van der Waals surface area contributed by atoms with Crippen molar-refractivity contribution in [1.29, 1.82) is 0 Å². The molecule has 0 bridgehead atoms. The molecular formula is C26H24FN3O5. The fourth-order valence-corrected chi connectivity index (χ4v) is 2.82. The summed E-state index contributed by atoms with van der Waals surface area (Å²) in [5.74, 6) is -0.579. The van der Waals surface area contributed by atoms with E-state index >= 15 is 0 Å². The van der Waals surface area contributed by atoms with Gasteiger partial charge in [0.1, 0.15) is 24.8 Å². The van der Waals surface area contributed by atoms with Gasteiger partial charge in [0.2, 0.25) is 0 Å². The van der Waals surface area contributed by atoms with Crippen molar-refractivity contribution in [2.24, 2.45) is 5.10 Å². The van der Waals surface area contributed by atoms with E-state index < -0.39 is 11.8 Å². The van der Waals surface area contributed by atoms with Crippen molar-refractivity contribution in [3.8, 4) is 17.2 Å². The second-order valence-corrected chi connectivity index (χ2v) is 7.10. The predicted molar refractivity (Wildman–Crippen MR) is 130 cm³/mol. The first-order valence-corrected chi connectivity index (χ1v) is 10.5. The van der Waals surface area contributed by atoms with E-state index in [1.165, 1.54) is 25.5 Å². The number of methoxy groups -OCH3 is 1. The van der Waals surface area contributed by atoms with Crippen molar-refractivity contribution in [1.82, 2.24) is 5.43 Å². The molecule has 0 atom stereocenters. The molecule has 9 heteroatoms. The molecule has 0 saturated carbocycles. The Morgan fingerprint density at radius 3 is 2.40 bits per heavy atom. The van der Waals surface area contributed by atoms with E-state index in [4.69, 9.17) is 14.2 Å². The molecule has 0 saturated heterocycles. The zero-order chi connectivity index (χ0) is 25.0. The van der Waals surface area contributed by atoms with Crippen molar-refractivity contribution in [2.75, 3.05) is 19.0 Å².